The molecule has 6 nitrogen and oxygen atoms in total. The van der Waals surface area contributed by atoms with Crippen LogP contribution in [0.25, 0.3) is 0 Å². The lowest BCUT2D eigenvalue weighted by atomic mass is 9.99. The maximum atomic E-state index is 10.6. The van der Waals surface area contributed by atoms with Crippen molar-refractivity contribution in [2.75, 3.05) is 7.11 Å². The van der Waals surface area contributed by atoms with Crippen molar-refractivity contribution in [1.29, 1.82) is 0 Å². The summed E-state index contributed by atoms with van der Waals surface area (Å²) in [6, 6.07) is 10.8. The van der Waals surface area contributed by atoms with E-state index in [2.05, 4.69) is 5.10 Å². The highest BCUT2D eigenvalue weighted by molar-refractivity contribution is 6.36. The second-order valence-electron chi connectivity index (χ2n) is 7.57. The van der Waals surface area contributed by atoms with E-state index in [1.54, 1.807) is 31.0 Å². The molecule has 3 aromatic rings. The number of aliphatic hydroxyl groups is 1. The van der Waals surface area contributed by atoms with Gasteiger partial charge in [-0.2, -0.15) is 5.10 Å². The smallest absolute Gasteiger partial charge is 0.223 e. The summed E-state index contributed by atoms with van der Waals surface area (Å²) in [4.78, 5) is 0. The zero-order chi connectivity index (χ0) is 22.7. The van der Waals surface area contributed by atoms with Crippen molar-refractivity contribution in [1.82, 2.24) is 9.78 Å². The van der Waals surface area contributed by atoms with E-state index >= 15 is 0 Å². The molecule has 0 spiro atoms. The number of halogens is 2. The summed E-state index contributed by atoms with van der Waals surface area (Å²) in [5, 5.41) is 15.7. The van der Waals surface area contributed by atoms with Crippen LogP contribution in [0.5, 0.6) is 23.1 Å². The molecule has 3 rings (SSSR count). The van der Waals surface area contributed by atoms with Gasteiger partial charge in [-0.3, -0.25) is 0 Å². The largest absolute Gasteiger partial charge is 0.497 e. The summed E-state index contributed by atoms with van der Waals surface area (Å²) >= 11 is 12.7. The molecule has 0 bridgehead atoms. The summed E-state index contributed by atoms with van der Waals surface area (Å²) in [6.45, 7) is 6.01. The first kappa shape index (κ1) is 23.3. The van der Waals surface area contributed by atoms with Gasteiger partial charge in [0.2, 0.25) is 5.88 Å². The monoisotopic (exact) mass is 464 g/mol. The standard InChI is InChI=1S/C23H26Cl2N2O4/c1-13(2)22(28)21-14(3)26-27(4)23(21)31-20-11-19(17(24)10-18(20)25)30-12-15-6-8-16(29-5)9-7-15/h6-11,13,22,28H,12H2,1-5H3. The Morgan fingerprint density at radius 3 is 2.32 bits per heavy atom. The van der Waals surface area contributed by atoms with Crippen LogP contribution in [-0.4, -0.2) is 22.0 Å². The number of aliphatic hydroxyl groups excluding tert-OH is 1. The number of hydrogen-bond donors (Lipinski definition) is 1. The molecule has 8 heteroatoms. The molecule has 2 aromatic carbocycles. The Morgan fingerprint density at radius 1 is 1.06 bits per heavy atom. The number of ether oxygens (including phenoxy) is 3. The van der Waals surface area contributed by atoms with Gasteiger partial charge in [-0.1, -0.05) is 49.2 Å². The van der Waals surface area contributed by atoms with Crippen molar-refractivity contribution < 1.29 is 19.3 Å². The van der Waals surface area contributed by atoms with E-state index in [-0.39, 0.29) is 5.92 Å². The second kappa shape index (κ2) is 9.81. The minimum atomic E-state index is -0.722. The molecule has 0 saturated heterocycles. The van der Waals surface area contributed by atoms with Crippen LogP contribution < -0.4 is 14.2 Å². The summed E-state index contributed by atoms with van der Waals surface area (Å²) in [5.74, 6) is 1.98. The zero-order valence-corrected chi connectivity index (χ0v) is 19.7. The van der Waals surface area contributed by atoms with Gasteiger partial charge in [0.05, 0.1) is 34.5 Å². The highest BCUT2D eigenvalue weighted by Gasteiger charge is 2.25. The molecule has 166 valence electrons. The molecule has 0 aliphatic rings. The lowest BCUT2D eigenvalue weighted by molar-refractivity contribution is 0.123. The Kier molecular flexibility index (Phi) is 7.36. The van der Waals surface area contributed by atoms with Crippen molar-refractivity contribution in [3.05, 3.63) is 63.3 Å². The van der Waals surface area contributed by atoms with E-state index in [0.717, 1.165) is 11.3 Å². The fourth-order valence-corrected chi connectivity index (χ4v) is 3.61. The lowest BCUT2D eigenvalue weighted by Crippen LogP contribution is -2.08. The van der Waals surface area contributed by atoms with Crippen LogP contribution in [0.3, 0.4) is 0 Å². The third-order valence-corrected chi connectivity index (χ3v) is 5.48. The van der Waals surface area contributed by atoms with Gasteiger partial charge in [-0.05, 0) is 36.6 Å². The van der Waals surface area contributed by atoms with Crippen molar-refractivity contribution >= 4 is 23.2 Å². The van der Waals surface area contributed by atoms with Crippen LogP contribution >= 0.6 is 23.2 Å². The molecule has 1 aromatic heterocycles. The molecule has 1 N–H and O–H groups in total. The maximum absolute atomic E-state index is 10.6. The number of rotatable bonds is 8. The molecular formula is C23H26Cl2N2O4. The first-order chi connectivity index (χ1) is 14.7. The van der Waals surface area contributed by atoms with Gasteiger partial charge in [0.15, 0.2) is 5.75 Å². The molecule has 1 atom stereocenters. The average Bonchev–Trinajstić information content (AvgIpc) is 3.01. The molecule has 0 fully saturated rings. The van der Waals surface area contributed by atoms with E-state index < -0.39 is 6.10 Å². The topological polar surface area (TPSA) is 65.7 Å². The lowest BCUT2D eigenvalue weighted by Gasteiger charge is -2.18. The predicted octanol–water partition coefficient (Wildman–Crippen LogP) is 6.10. The second-order valence-corrected chi connectivity index (χ2v) is 8.38. The van der Waals surface area contributed by atoms with Crippen LogP contribution in [0.4, 0.5) is 0 Å². The molecule has 0 radical (unpaired) electrons. The fraction of sp³-hybridized carbons (Fsp3) is 0.348. The molecule has 1 unspecified atom stereocenters. The van der Waals surface area contributed by atoms with Crippen LogP contribution in [-0.2, 0) is 13.7 Å². The van der Waals surface area contributed by atoms with Gasteiger partial charge in [-0.25, -0.2) is 4.68 Å². The third-order valence-electron chi connectivity index (χ3n) is 4.89. The summed E-state index contributed by atoms with van der Waals surface area (Å²) in [7, 11) is 3.37. The number of aryl methyl sites for hydroxylation is 2. The first-order valence-electron chi connectivity index (χ1n) is 9.85. The van der Waals surface area contributed by atoms with Crippen LogP contribution in [0.1, 0.15) is 36.8 Å². The highest BCUT2D eigenvalue weighted by atomic mass is 35.5. The van der Waals surface area contributed by atoms with Crippen LogP contribution in [0.15, 0.2) is 36.4 Å². The SMILES string of the molecule is COc1ccc(COc2cc(Oc3c(C(O)C(C)C)c(C)nn3C)c(Cl)cc2Cl)cc1. The van der Waals surface area contributed by atoms with Crippen LogP contribution in [0, 0.1) is 12.8 Å². The van der Waals surface area contributed by atoms with Gasteiger partial charge in [0, 0.05) is 13.1 Å². The van der Waals surface area contributed by atoms with E-state index in [0.29, 0.717) is 45.3 Å². The van der Waals surface area contributed by atoms with Crippen molar-refractivity contribution in [2.45, 2.75) is 33.5 Å². The number of hydrogen-bond acceptors (Lipinski definition) is 5. The molecular weight excluding hydrogens is 439 g/mol. The van der Waals surface area contributed by atoms with Gasteiger partial charge in [0.1, 0.15) is 18.1 Å². The van der Waals surface area contributed by atoms with Gasteiger partial charge in [-0.15, -0.1) is 0 Å². The van der Waals surface area contributed by atoms with Gasteiger partial charge in [0.25, 0.3) is 0 Å². The van der Waals surface area contributed by atoms with E-state index in [1.165, 1.54) is 0 Å². The number of methoxy groups -OCH3 is 1. The van der Waals surface area contributed by atoms with Gasteiger partial charge >= 0.3 is 0 Å². The Morgan fingerprint density at radius 2 is 1.71 bits per heavy atom. The normalized spacial score (nSPS) is 12.2. The molecule has 1 heterocycles. The Bertz CT molecular complexity index is 1050. The van der Waals surface area contributed by atoms with Crippen LogP contribution in [0.2, 0.25) is 10.0 Å². The maximum Gasteiger partial charge on any atom is 0.223 e. The van der Waals surface area contributed by atoms with Gasteiger partial charge < -0.3 is 19.3 Å². The molecule has 0 aliphatic carbocycles. The first-order valence-corrected chi connectivity index (χ1v) is 10.6. The van der Waals surface area contributed by atoms with Crippen molar-refractivity contribution in [3.63, 3.8) is 0 Å². The minimum Gasteiger partial charge on any atom is -0.497 e. The third kappa shape index (κ3) is 5.26. The molecule has 31 heavy (non-hydrogen) atoms. The molecule has 0 amide bonds. The van der Waals surface area contributed by atoms with Crippen molar-refractivity contribution in [2.24, 2.45) is 13.0 Å². The van der Waals surface area contributed by atoms with E-state index in [9.17, 15) is 5.11 Å². The summed E-state index contributed by atoms with van der Waals surface area (Å²) < 4.78 is 18.7. The minimum absolute atomic E-state index is 0.00525. The summed E-state index contributed by atoms with van der Waals surface area (Å²) in [5.41, 5.74) is 2.28. The van der Waals surface area contributed by atoms with E-state index in [1.807, 2.05) is 45.0 Å². The van der Waals surface area contributed by atoms with E-state index in [4.69, 9.17) is 37.4 Å². The molecule has 0 aliphatic heterocycles. The summed E-state index contributed by atoms with van der Waals surface area (Å²) in [6.07, 6.45) is -0.722. The number of nitrogens with zero attached hydrogens (tertiary/aromatic N) is 2. The average molecular weight is 465 g/mol. The van der Waals surface area contributed by atoms with Crippen molar-refractivity contribution in [3.8, 4) is 23.1 Å². The predicted molar refractivity (Wildman–Crippen MR) is 122 cm³/mol. The zero-order valence-electron chi connectivity index (χ0n) is 18.1. The quantitative estimate of drug-likeness (QED) is 0.435. The number of aromatic nitrogens is 2. The Hall–Kier alpha value is -2.41. The Labute approximate surface area is 192 Å². The number of benzene rings is 2. The highest BCUT2D eigenvalue weighted by Crippen LogP contribution is 2.41. The molecule has 0 saturated carbocycles. The fourth-order valence-electron chi connectivity index (χ4n) is 3.13. The Balaban J connectivity index is 1.86.